The van der Waals surface area contributed by atoms with E-state index >= 15 is 0 Å². The lowest BCUT2D eigenvalue weighted by Crippen LogP contribution is -2.26. The molecule has 3 aromatic rings. The number of benzene rings is 1. The molecule has 1 saturated carbocycles. The number of para-hydroxylation sites is 1. The van der Waals surface area contributed by atoms with Gasteiger partial charge >= 0.3 is 6.18 Å². The van der Waals surface area contributed by atoms with Gasteiger partial charge in [-0.05, 0) is 37.3 Å². The van der Waals surface area contributed by atoms with Crippen LogP contribution >= 0.6 is 0 Å². The smallest absolute Gasteiger partial charge is 0.417 e. The normalized spacial score (nSPS) is 14.8. The third-order valence-electron chi connectivity index (χ3n) is 5.14. The number of fused-ring (bicyclic) bond motifs is 1. The van der Waals surface area contributed by atoms with Crippen LogP contribution in [0.15, 0.2) is 48.8 Å². The van der Waals surface area contributed by atoms with Crippen molar-refractivity contribution in [2.45, 2.75) is 44.5 Å². The van der Waals surface area contributed by atoms with E-state index in [4.69, 9.17) is 4.74 Å². The van der Waals surface area contributed by atoms with Crippen molar-refractivity contribution < 1.29 is 22.7 Å². The molecule has 0 atom stereocenters. The number of aromatic nitrogens is 2. The van der Waals surface area contributed by atoms with E-state index in [2.05, 4.69) is 15.3 Å². The number of pyridine rings is 2. The van der Waals surface area contributed by atoms with E-state index in [9.17, 15) is 18.0 Å². The van der Waals surface area contributed by atoms with Crippen LogP contribution in [0.2, 0.25) is 0 Å². The standard InChI is InChI=1S/C22H20F3N3O2/c23-22(24,25)20-16-7-3-4-8-18(16)26-13-17(20)21(29)28-12-14-9-10-19(27-11-14)30-15-5-1-2-6-15/h3-4,7-11,13,15H,1-2,5-6,12H2,(H,28,29). The molecule has 1 aliphatic rings. The summed E-state index contributed by atoms with van der Waals surface area (Å²) in [6, 6.07) is 9.32. The van der Waals surface area contributed by atoms with Gasteiger partial charge in [0.05, 0.1) is 16.6 Å². The summed E-state index contributed by atoms with van der Waals surface area (Å²) in [5, 5.41) is 2.42. The topological polar surface area (TPSA) is 64.1 Å². The highest BCUT2D eigenvalue weighted by Gasteiger charge is 2.37. The number of carbonyl (C=O) groups is 1. The summed E-state index contributed by atoms with van der Waals surface area (Å²) < 4.78 is 46.8. The van der Waals surface area contributed by atoms with Crippen molar-refractivity contribution in [3.63, 3.8) is 0 Å². The maximum atomic E-state index is 13.7. The number of alkyl halides is 3. The van der Waals surface area contributed by atoms with Gasteiger partial charge in [0.2, 0.25) is 5.88 Å². The van der Waals surface area contributed by atoms with Gasteiger partial charge in [-0.3, -0.25) is 9.78 Å². The number of rotatable bonds is 5. The van der Waals surface area contributed by atoms with E-state index in [-0.39, 0.29) is 23.6 Å². The summed E-state index contributed by atoms with van der Waals surface area (Å²) in [6.45, 7) is 0.0413. The van der Waals surface area contributed by atoms with E-state index in [1.807, 2.05) is 0 Å². The van der Waals surface area contributed by atoms with Crippen LogP contribution in [0.4, 0.5) is 13.2 Å². The number of hydrogen-bond donors (Lipinski definition) is 1. The average molecular weight is 415 g/mol. The Morgan fingerprint density at radius 2 is 1.83 bits per heavy atom. The number of nitrogens with zero attached hydrogens (tertiary/aromatic N) is 2. The van der Waals surface area contributed by atoms with Crippen molar-refractivity contribution in [2.24, 2.45) is 0 Å². The Morgan fingerprint density at radius 1 is 1.07 bits per heavy atom. The molecule has 0 bridgehead atoms. The largest absolute Gasteiger partial charge is 0.474 e. The molecule has 1 aliphatic carbocycles. The molecule has 1 amide bonds. The van der Waals surface area contributed by atoms with Crippen LogP contribution in [0.5, 0.6) is 5.88 Å². The Bertz CT molecular complexity index is 1050. The molecular weight excluding hydrogens is 395 g/mol. The summed E-state index contributed by atoms with van der Waals surface area (Å²) in [6.07, 6.45) is 2.35. The minimum absolute atomic E-state index is 0.0413. The zero-order chi connectivity index (χ0) is 21.1. The maximum absolute atomic E-state index is 13.7. The molecule has 4 rings (SSSR count). The third kappa shape index (κ3) is 4.37. The first-order chi connectivity index (χ1) is 14.4. The lowest BCUT2D eigenvalue weighted by molar-refractivity contribution is -0.136. The van der Waals surface area contributed by atoms with E-state index in [1.165, 1.54) is 18.2 Å². The highest BCUT2D eigenvalue weighted by atomic mass is 19.4. The lowest BCUT2D eigenvalue weighted by Gasteiger charge is -2.15. The van der Waals surface area contributed by atoms with Gasteiger partial charge < -0.3 is 10.1 Å². The number of ether oxygens (including phenoxy) is 1. The van der Waals surface area contributed by atoms with Crippen LogP contribution in [0.1, 0.15) is 47.2 Å². The Kier molecular flexibility index (Phi) is 5.57. The monoisotopic (exact) mass is 415 g/mol. The van der Waals surface area contributed by atoms with E-state index in [0.29, 0.717) is 11.4 Å². The zero-order valence-electron chi connectivity index (χ0n) is 16.1. The summed E-state index contributed by atoms with van der Waals surface area (Å²) in [4.78, 5) is 20.8. The maximum Gasteiger partial charge on any atom is 0.417 e. The van der Waals surface area contributed by atoms with Gasteiger partial charge in [-0.15, -0.1) is 0 Å². The van der Waals surface area contributed by atoms with Crippen LogP contribution < -0.4 is 10.1 Å². The summed E-state index contributed by atoms with van der Waals surface area (Å²) in [5.41, 5.74) is -0.646. The van der Waals surface area contributed by atoms with Gasteiger partial charge in [0, 0.05) is 30.4 Å². The fraction of sp³-hybridized carbons (Fsp3) is 0.318. The third-order valence-corrected chi connectivity index (χ3v) is 5.14. The van der Waals surface area contributed by atoms with Crippen molar-refractivity contribution in [2.75, 3.05) is 0 Å². The molecule has 0 spiro atoms. The number of nitrogens with one attached hydrogen (secondary N) is 1. The molecule has 156 valence electrons. The second-order valence-electron chi connectivity index (χ2n) is 7.27. The minimum atomic E-state index is -4.68. The highest BCUT2D eigenvalue weighted by molar-refractivity contribution is 6.00. The van der Waals surface area contributed by atoms with E-state index < -0.39 is 23.2 Å². The molecule has 1 fully saturated rings. The summed E-state index contributed by atoms with van der Waals surface area (Å²) >= 11 is 0. The van der Waals surface area contributed by atoms with Crippen LogP contribution in [-0.2, 0) is 12.7 Å². The summed E-state index contributed by atoms with van der Waals surface area (Å²) in [5.74, 6) is -0.332. The highest BCUT2D eigenvalue weighted by Crippen LogP contribution is 2.36. The fourth-order valence-corrected chi connectivity index (χ4v) is 3.66. The van der Waals surface area contributed by atoms with Gasteiger partial charge in [-0.25, -0.2) is 4.98 Å². The minimum Gasteiger partial charge on any atom is -0.474 e. The second-order valence-corrected chi connectivity index (χ2v) is 7.27. The number of carbonyl (C=O) groups excluding carboxylic acids is 1. The van der Waals surface area contributed by atoms with Crippen LogP contribution in [-0.4, -0.2) is 22.0 Å². The molecular formula is C22H20F3N3O2. The molecule has 5 nitrogen and oxygen atoms in total. The molecule has 30 heavy (non-hydrogen) atoms. The Balaban J connectivity index is 1.48. The van der Waals surface area contributed by atoms with Crippen molar-refractivity contribution in [1.29, 1.82) is 0 Å². The molecule has 0 aliphatic heterocycles. The number of halogens is 3. The molecule has 2 aromatic heterocycles. The average Bonchev–Trinajstić information content (AvgIpc) is 3.24. The Labute approximate surface area is 171 Å². The molecule has 0 radical (unpaired) electrons. The molecule has 8 heteroatoms. The van der Waals surface area contributed by atoms with E-state index in [1.54, 1.807) is 24.4 Å². The Morgan fingerprint density at radius 3 is 2.53 bits per heavy atom. The number of hydrogen-bond acceptors (Lipinski definition) is 4. The second kappa shape index (κ2) is 8.30. The van der Waals surface area contributed by atoms with Crippen LogP contribution in [0, 0.1) is 0 Å². The van der Waals surface area contributed by atoms with Crippen LogP contribution in [0.3, 0.4) is 0 Å². The number of amides is 1. The first kappa shape index (κ1) is 20.1. The molecule has 2 heterocycles. The van der Waals surface area contributed by atoms with Crippen molar-refractivity contribution in [3.05, 3.63) is 65.5 Å². The van der Waals surface area contributed by atoms with Gasteiger partial charge in [0.25, 0.3) is 5.91 Å². The quantitative estimate of drug-likeness (QED) is 0.644. The molecule has 0 unspecified atom stereocenters. The predicted molar refractivity (Wildman–Crippen MR) is 105 cm³/mol. The van der Waals surface area contributed by atoms with Gasteiger partial charge in [-0.2, -0.15) is 13.2 Å². The Hall–Kier alpha value is -3.16. The van der Waals surface area contributed by atoms with E-state index in [0.717, 1.165) is 31.9 Å². The zero-order valence-corrected chi connectivity index (χ0v) is 16.1. The first-order valence-corrected chi connectivity index (χ1v) is 9.76. The SMILES string of the molecule is O=C(NCc1ccc(OC2CCCC2)nc1)c1cnc2ccccc2c1C(F)(F)F. The molecule has 0 saturated heterocycles. The van der Waals surface area contributed by atoms with Gasteiger partial charge in [-0.1, -0.05) is 24.3 Å². The fourth-order valence-electron chi connectivity index (χ4n) is 3.66. The molecule has 1 aromatic carbocycles. The van der Waals surface area contributed by atoms with Crippen LogP contribution in [0.25, 0.3) is 10.9 Å². The van der Waals surface area contributed by atoms with Crippen molar-refractivity contribution >= 4 is 16.8 Å². The van der Waals surface area contributed by atoms with Crippen molar-refractivity contribution in [1.82, 2.24) is 15.3 Å². The first-order valence-electron chi connectivity index (χ1n) is 9.76. The van der Waals surface area contributed by atoms with Gasteiger partial charge in [0.15, 0.2) is 0 Å². The summed E-state index contributed by atoms with van der Waals surface area (Å²) in [7, 11) is 0. The predicted octanol–water partition coefficient (Wildman–Crippen LogP) is 4.90. The lowest BCUT2D eigenvalue weighted by atomic mass is 10.0. The van der Waals surface area contributed by atoms with Crippen molar-refractivity contribution in [3.8, 4) is 5.88 Å². The molecule has 1 N–H and O–H groups in total. The van der Waals surface area contributed by atoms with Gasteiger partial charge in [0.1, 0.15) is 6.10 Å².